The second-order valence-corrected chi connectivity index (χ2v) is 5.14. The first-order valence-corrected chi connectivity index (χ1v) is 5.45. The largest absolute Gasteiger partial charge is 0.296 e. The molecule has 70 valence electrons. The monoisotopic (exact) mass is 176 g/mol. The fraction of sp³-hybridized carbons (Fsp3) is 0.909. The van der Waals surface area contributed by atoms with Gasteiger partial charge in [-0.2, -0.15) is 5.26 Å². The third-order valence-corrected chi connectivity index (χ3v) is 4.39. The lowest BCUT2D eigenvalue weighted by atomic mass is 9.67. The zero-order valence-electron chi connectivity index (χ0n) is 8.05. The number of likely N-dealkylation sites (tertiary alicyclic amines) is 1. The number of nitriles is 1. The lowest BCUT2D eigenvalue weighted by Gasteiger charge is -2.59. The Morgan fingerprint density at radius 3 is 2.23 bits per heavy atom. The standard InChI is InChI=1S/C11H16N2/c12-8-10(4-5-10)9-13-7-6-11(13)2-1-3-11/h1-7,9H2. The minimum Gasteiger partial charge on any atom is -0.296 e. The Morgan fingerprint density at radius 2 is 1.92 bits per heavy atom. The molecule has 0 aromatic rings. The minimum absolute atomic E-state index is 0.0863. The third kappa shape index (κ3) is 0.971. The zero-order valence-corrected chi connectivity index (χ0v) is 8.05. The summed E-state index contributed by atoms with van der Waals surface area (Å²) in [6, 6.07) is 2.50. The Kier molecular flexibility index (Phi) is 1.37. The van der Waals surface area contributed by atoms with Gasteiger partial charge < -0.3 is 0 Å². The second-order valence-electron chi connectivity index (χ2n) is 5.14. The van der Waals surface area contributed by atoms with Gasteiger partial charge in [0.25, 0.3) is 0 Å². The van der Waals surface area contributed by atoms with Crippen molar-refractivity contribution in [3.8, 4) is 6.07 Å². The van der Waals surface area contributed by atoms with Gasteiger partial charge in [0, 0.05) is 18.6 Å². The molecule has 0 aromatic heterocycles. The van der Waals surface area contributed by atoms with Crippen LogP contribution >= 0.6 is 0 Å². The Balaban J connectivity index is 1.65. The van der Waals surface area contributed by atoms with E-state index in [1.165, 1.54) is 32.2 Å². The van der Waals surface area contributed by atoms with Gasteiger partial charge in [-0.3, -0.25) is 4.90 Å². The number of rotatable bonds is 2. The molecule has 1 spiro atoms. The molecule has 1 aliphatic heterocycles. The summed E-state index contributed by atoms with van der Waals surface area (Å²) in [6.45, 7) is 2.33. The van der Waals surface area contributed by atoms with E-state index in [1.807, 2.05) is 0 Å². The maximum Gasteiger partial charge on any atom is 0.0703 e. The van der Waals surface area contributed by atoms with Crippen LogP contribution in [0, 0.1) is 16.7 Å². The van der Waals surface area contributed by atoms with E-state index in [0.29, 0.717) is 5.54 Å². The SMILES string of the molecule is N#CC1(CN2CCC23CCC3)CC1. The molecule has 3 fully saturated rings. The van der Waals surface area contributed by atoms with E-state index in [1.54, 1.807) is 0 Å². The van der Waals surface area contributed by atoms with Crippen LogP contribution in [0.4, 0.5) is 0 Å². The van der Waals surface area contributed by atoms with Gasteiger partial charge in [-0.05, 0) is 38.5 Å². The van der Waals surface area contributed by atoms with E-state index in [-0.39, 0.29) is 5.41 Å². The lowest BCUT2D eigenvalue weighted by molar-refractivity contribution is -0.0795. The summed E-state index contributed by atoms with van der Waals surface area (Å²) in [5.74, 6) is 0. The number of hydrogen-bond donors (Lipinski definition) is 0. The molecule has 0 atom stereocenters. The first kappa shape index (κ1) is 7.82. The van der Waals surface area contributed by atoms with Gasteiger partial charge in [0.05, 0.1) is 11.5 Å². The minimum atomic E-state index is 0.0863. The van der Waals surface area contributed by atoms with Gasteiger partial charge in [-0.1, -0.05) is 0 Å². The third-order valence-electron chi connectivity index (χ3n) is 4.39. The Bertz CT molecular complexity index is 263. The van der Waals surface area contributed by atoms with Gasteiger partial charge in [-0.25, -0.2) is 0 Å². The van der Waals surface area contributed by atoms with Crippen molar-refractivity contribution in [2.75, 3.05) is 13.1 Å². The van der Waals surface area contributed by atoms with Gasteiger partial charge in [-0.15, -0.1) is 0 Å². The molecular formula is C11H16N2. The van der Waals surface area contributed by atoms with E-state index in [9.17, 15) is 0 Å². The average molecular weight is 176 g/mol. The van der Waals surface area contributed by atoms with Crippen LogP contribution in [0.15, 0.2) is 0 Å². The Morgan fingerprint density at radius 1 is 1.15 bits per heavy atom. The van der Waals surface area contributed by atoms with Crippen molar-refractivity contribution in [1.82, 2.24) is 4.90 Å². The molecule has 0 bridgehead atoms. The average Bonchev–Trinajstić information content (AvgIpc) is 2.76. The fourth-order valence-corrected chi connectivity index (χ4v) is 2.81. The van der Waals surface area contributed by atoms with Crippen LogP contribution in [0.1, 0.15) is 38.5 Å². The van der Waals surface area contributed by atoms with Crippen molar-refractivity contribution < 1.29 is 0 Å². The second kappa shape index (κ2) is 2.27. The predicted octanol–water partition coefficient (Wildman–Crippen LogP) is 1.92. The van der Waals surface area contributed by atoms with Crippen molar-refractivity contribution in [3.63, 3.8) is 0 Å². The van der Waals surface area contributed by atoms with Crippen LogP contribution in [0.5, 0.6) is 0 Å². The summed E-state index contributed by atoms with van der Waals surface area (Å²) >= 11 is 0. The molecule has 0 unspecified atom stereocenters. The van der Waals surface area contributed by atoms with Gasteiger partial charge >= 0.3 is 0 Å². The van der Waals surface area contributed by atoms with E-state index in [0.717, 1.165) is 19.4 Å². The highest BCUT2D eigenvalue weighted by Crippen LogP contribution is 2.52. The van der Waals surface area contributed by atoms with Crippen molar-refractivity contribution in [3.05, 3.63) is 0 Å². The molecular weight excluding hydrogens is 160 g/mol. The Labute approximate surface area is 79.5 Å². The molecule has 2 nitrogen and oxygen atoms in total. The van der Waals surface area contributed by atoms with Gasteiger partial charge in [0.2, 0.25) is 0 Å². The summed E-state index contributed by atoms with van der Waals surface area (Å²) in [6.07, 6.45) is 7.90. The highest BCUT2D eigenvalue weighted by atomic mass is 15.3. The summed E-state index contributed by atoms with van der Waals surface area (Å²) in [7, 11) is 0. The summed E-state index contributed by atoms with van der Waals surface area (Å²) in [5, 5.41) is 9.01. The normalized spacial score (nSPS) is 33.2. The number of hydrogen-bond acceptors (Lipinski definition) is 2. The highest BCUT2D eigenvalue weighted by Gasteiger charge is 2.54. The van der Waals surface area contributed by atoms with E-state index in [2.05, 4.69) is 11.0 Å². The first-order chi connectivity index (χ1) is 6.29. The summed E-state index contributed by atoms with van der Waals surface area (Å²) in [4.78, 5) is 2.59. The molecule has 2 saturated carbocycles. The molecule has 0 amide bonds. The predicted molar refractivity (Wildman–Crippen MR) is 50.1 cm³/mol. The fourth-order valence-electron chi connectivity index (χ4n) is 2.81. The van der Waals surface area contributed by atoms with Crippen LogP contribution in [-0.2, 0) is 0 Å². The van der Waals surface area contributed by atoms with Crippen molar-refractivity contribution in [1.29, 1.82) is 5.26 Å². The molecule has 3 rings (SSSR count). The molecule has 3 aliphatic rings. The first-order valence-electron chi connectivity index (χ1n) is 5.45. The molecule has 1 heterocycles. The van der Waals surface area contributed by atoms with Gasteiger partial charge in [0.1, 0.15) is 0 Å². The Hall–Kier alpha value is -0.550. The molecule has 2 aliphatic carbocycles. The molecule has 0 N–H and O–H groups in total. The zero-order chi connectivity index (χ0) is 8.94. The quantitative estimate of drug-likeness (QED) is 0.642. The van der Waals surface area contributed by atoms with Crippen molar-refractivity contribution in [2.45, 2.75) is 44.1 Å². The highest BCUT2D eigenvalue weighted by molar-refractivity contribution is 5.15. The van der Waals surface area contributed by atoms with E-state index < -0.39 is 0 Å². The smallest absolute Gasteiger partial charge is 0.0703 e. The molecule has 0 aromatic carbocycles. The number of nitrogens with zero attached hydrogens (tertiary/aromatic N) is 2. The molecule has 1 saturated heterocycles. The van der Waals surface area contributed by atoms with Crippen LogP contribution in [0.2, 0.25) is 0 Å². The maximum atomic E-state index is 9.01. The van der Waals surface area contributed by atoms with Crippen LogP contribution in [0.3, 0.4) is 0 Å². The molecule has 0 radical (unpaired) electrons. The van der Waals surface area contributed by atoms with Crippen LogP contribution < -0.4 is 0 Å². The molecule has 13 heavy (non-hydrogen) atoms. The van der Waals surface area contributed by atoms with E-state index >= 15 is 0 Å². The van der Waals surface area contributed by atoms with E-state index in [4.69, 9.17) is 5.26 Å². The topological polar surface area (TPSA) is 27.0 Å². The molecule has 2 heteroatoms. The summed E-state index contributed by atoms with van der Waals surface area (Å²) in [5.41, 5.74) is 0.676. The van der Waals surface area contributed by atoms with Crippen LogP contribution in [-0.4, -0.2) is 23.5 Å². The van der Waals surface area contributed by atoms with Crippen molar-refractivity contribution in [2.24, 2.45) is 5.41 Å². The maximum absolute atomic E-state index is 9.01. The summed E-state index contributed by atoms with van der Waals surface area (Å²) < 4.78 is 0. The van der Waals surface area contributed by atoms with Gasteiger partial charge in [0.15, 0.2) is 0 Å². The van der Waals surface area contributed by atoms with Crippen LogP contribution in [0.25, 0.3) is 0 Å². The van der Waals surface area contributed by atoms with Crippen molar-refractivity contribution >= 4 is 0 Å². The lowest BCUT2D eigenvalue weighted by Crippen LogP contribution is -2.64.